The number of aliphatic hydroxyl groups excluding tert-OH is 1. The van der Waals surface area contributed by atoms with Crippen LogP contribution in [0.25, 0.3) is 0 Å². The van der Waals surface area contributed by atoms with Gasteiger partial charge in [0.05, 0.1) is 0 Å². The molecule has 1 heterocycles. The first-order valence-corrected chi connectivity index (χ1v) is 4.84. The Morgan fingerprint density at radius 1 is 1.73 bits per heavy atom. The van der Waals surface area contributed by atoms with Gasteiger partial charge in [0, 0.05) is 0 Å². The lowest BCUT2D eigenvalue weighted by atomic mass is 10.0. The SMILES string of the molecule is O=C(O)C(O)CC1CCSC1. The van der Waals surface area contributed by atoms with Crippen LogP contribution in [0, 0.1) is 5.92 Å². The Morgan fingerprint density at radius 3 is 2.91 bits per heavy atom. The van der Waals surface area contributed by atoms with Gasteiger partial charge in [-0.2, -0.15) is 11.8 Å². The molecule has 3 nitrogen and oxygen atoms in total. The number of hydrogen-bond donors (Lipinski definition) is 2. The Bertz CT molecular complexity index is 143. The van der Waals surface area contributed by atoms with Crippen LogP contribution in [-0.2, 0) is 4.79 Å². The summed E-state index contributed by atoms with van der Waals surface area (Å²) in [6.45, 7) is 0. The summed E-state index contributed by atoms with van der Waals surface area (Å²) in [6.07, 6.45) is 0.316. The van der Waals surface area contributed by atoms with Crippen LogP contribution < -0.4 is 0 Å². The fourth-order valence-electron chi connectivity index (χ4n) is 1.19. The molecule has 11 heavy (non-hydrogen) atoms. The minimum atomic E-state index is -1.15. The third-order valence-corrected chi connectivity index (χ3v) is 3.10. The highest BCUT2D eigenvalue weighted by atomic mass is 32.2. The Balaban J connectivity index is 2.23. The van der Waals surface area contributed by atoms with E-state index >= 15 is 0 Å². The third kappa shape index (κ3) is 2.71. The van der Waals surface area contributed by atoms with E-state index in [1.165, 1.54) is 0 Å². The van der Waals surface area contributed by atoms with Crippen LogP contribution in [0.15, 0.2) is 0 Å². The molecule has 0 bridgehead atoms. The molecule has 0 aromatic rings. The summed E-state index contributed by atoms with van der Waals surface area (Å²) in [4.78, 5) is 10.2. The number of carbonyl (C=O) groups is 1. The summed E-state index contributed by atoms with van der Waals surface area (Å²) in [5, 5.41) is 17.4. The maximum absolute atomic E-state index is 10.2. The fourth-order valence-corrected chi connectivity index (χ4v) is 2.49. The van der Waals surface area contributed by atoms with Crippen LogP contribution in [-0.4, -0.2) is 33.8 Å². The van der Waals surface area contributed by atoms with Gasteiger partial charge in [0.1, 0.15) is 0 Å². The maximum atomic E-state index is 10.2. The zero-order valence-electron chi connectivity index (χ0n) is 6.19. The topological polar surface area (TPSA) is 57.5 Å². The summed E-state index contributed by atoms with van der Waals surface area (Å²) in [5.41, 5.74) is 0. The number of hydrogen-bond acceptors (Lipinski definition) is 3. The molecule has 0 spiro atoms. The smallest absolute Gasteiger partial charge is 0.332 e. The van der Waals surface area contributed by atoms with Crippen LogP contribution in [0.4, 0.5) is 0 Å². The molecule has 64 valence electrons. The van der Waals surface area contributed by atoms with Crippen molar-refractivity contribution in [2.24, 2.45) is 5.92 Å². The van der Waals surface area contributed by atoms with Gasteiger partial charge in [-0.3, -0.25) is 0 Å². The number of carboxylic acids is 1. The predicted molar refractivity (Wildman–Crippen MR) is 43.7 cm³/mol. The first-order chi connectivity index (χ1) is 5.20. The van der Waals surface area contributed by atoms with E-state index in [0.717, 1.165) is 17.9 Å². The Kier molecular flexibility index (Phi) is 3.20. The summed E-state index contributed by atoms with van der Waals surface area (Å²) < 4.78 is 0. The van der Waals surface area contributed by atoms with Crippen molar-refractivity contribution in [3.8, 4) is 0 Å². The molecule has 0 saturated carbocycles. The molecule has 1 fully saturated rings. The van der Waals surface area contributed by atoms with Crippen LogP contribution in [0.5, 0.6) is 0 Å². The number of aliphatic hydroxyl groups is 1. The van der Waals surface area contributed by atoms with Gasteiger partial charge in [0.15, 0.2) is 6.10 Å². The van der Waals surface area contributed by atoms with E-state index in [-0.39, 0.29) is 0 Å². The first-order valence-electron chi connectivity index (χ1n) is 3.68. The number of thioether (sulfide) groups is 1. The molecule has 1 rings (SSSR count). The van der Waals surface area contributed by atoms with Crippen molar-refractivity contribution in [3.63, 3.8) is 0 Å². The Hall–Kier alpha value is -0.220. The summed E-state index contributed by atoms with van der Waals surface area (Å²) >= 11 is 1.83. The molecule has 0 aromatic carbocycles. The molecule has 1 aliphatic rings. The van der Waals surface area contributed by atoms with Gasteiger partial charge in [-0.05, 0) is 30.3 Å². The summed E-state index contributed by atoms with van der Waals surface area (Å²) in [6, 6.07) is 0. The minimum absolute atomic E-state index is 0.408. The normalized spacial score (nSPS) is 26.8. The van der Waals surface area contributed by atoms with E-state index in [1.807, 2.05) is 11.8 Å². The van der Waals surface area contributed by atoms with Crippen molar-refractivity contribution in [1.29, 1.82) is 0 Å². The lowest BCUT2D eigenvalue weighted by Crippen LogP contribution is -2.22. The maximum Gasteiger partial charge on any atom is 0.332 e. The van der Waals surface area contributed by atoms with E-state index in [4.69, 9.17) is 10.2 Å². The molecule has 2 N–H and O–H groups in total. The Labute approximate surface area is 69.8 Å². The molecular weight excluding hydrogens is 164 g/mol. The van der Waals surface area contributed by atoms with Crippen LogP contribution in [0.1, 0.15) is 12.8 Å². The van der Waals surface area contributed by atoms with Gasteiger partial charge < -0.3 is 10.2 Å². The molecule has 1 saturated heterocycles. The van der Waals surface area contributed by atoms with Gasteiger partial charge in [0.25, 0.3) is 0 Å². The first kappa shape index (κ1) is 8.87. The average molecular weight is 176 g/mol. The van der Waals surface area contributed by atoms with Crippen molar-refractivity contribution < 1.29 is 15.0 Å². The van der Waals surface area contributed by atoms with Gasteiger partial charge >= 0.3 is 5.97 Å². The van der Waals surface area contributed by atoms with Crippen molar-refractivity contribution in [3.05, 3.63) is 0 Å². The van der Waals surface area contributed by atoms with Crippen LogP contribution in [0.2, 0.25) is 0 Å². The lowest BCUT2D eigenvalue weighted by molar-refractivity contribution is -0.147. The molecular formula is C7H12O3S. The van der Waals surface area contributed by atoms with E-state index in [2.05, 4.69) is 0 Å². The predicted octanol–water partition coefficient (Wildman–Crippen LogP) is 0.575. The number of carboxylic acid groups (broad SMARTS) is 1. The zero-order valence-corrected chi connectivity index (χ0v) is 7.01. The van der Waals surface area contributed by atoms with Gasteiger partial charge in [0.2, 0.25) is 0 Å². The van der Waals surface area contributed by atoms with Crippen molar-refractivity contribution in [1.82, 2.24) is 0 Å². The quantitative estimate of drug-likeness (QED) is 0.660. The lowest BCUT2D eigenvalue weighted by Gasteiger charge is -2.09. The molecule has 1 aliphatic heterocycles. The third-order valence-electron chi connectivity index (χ3n) is 1.87. The highest BCUT2D eigenvalue weighted by Crippen LogP contribution is 2.26. The Morgan fingerprint density at radius 2 is 2.45 bits per heavy atom. The van der Waals surface area contributed by atoms with Gasteiger partial charge in [-0.25, -0.2) is 4.79 Å². The zero-order chi connectivity index (χ0) is 8.27. The van der Waals surface area contributed by atoms with Crippen molar-refractivity contribution in [2.45, 2.75) is 18.9 Å². The van der Waals surface area contributed by atoms with E-state index in [9.17, 15) is 4.79 Å². The van der Waals surface area contributed by atoms with Crippen LogP contribution >= 0.6 is 11.8 Å². The fraction of sp³-hybridized carbons (Fsp3) is 0.857. The van der Waals surface area contributed by atoms with Crippen molar-refractivity contribution >= 4 is 17.7 Å². The molecule has 2 unspecified atom stereocenters. The highest BCUT2D eigenvalue weighted by molar-refractivity contribution is 7.99. The van der Waals surface area contributed by atoms with E-state index < -0.39 is 12.1 Å². The number of rotatable bonds is 3. The molecule has 2 atom stereocenters. The standard InChI is InChI=1S/C7H12O3S/c8-6(7(9)10)3-5-1-2-11-4-5/h5-6,8H,1-4H2,(H,9,10). The monoisotopic (exact) mass is 176 g/mol. The molecule has 0 aromatic heterocycles. The molecule has 0 radical (unpaired) electrons. The van der Waals surface area contributed by atoms with E-state index in [0.29, 0.717) is 12.3 Å². The summed E-state index contributed by atoms with van der Waals surface area (Å²) in [7, 11) is 0. The number of aliphatic carboxylic acids is 1. The second-order valence-electron chi connectivity index (χ2n) is 2.82. The minimum Gasteiger partial charge on any atom is -0.479 e. The highest BCUT2D eigenvalue weighted by Gasteiger charge is 2.22. The molecule has 4 heteroatoms. The van der Waals surface area contributed by atoms with Gasteiger partial charge in [-0.15, -0.1) is 0 Å². The average Bonchev–Trinajstić information content (AvgIpc) is 2.39. The summed E-state index contributed by atoms with van der Waals surface area (Å²) in [5.74, 6) is 1.43. The van der Waals surface area contributed by atoms with E-state index in [1.54, 1.807) is 0 Å². The molecule has 0 aliphatic carbocycles. The second kappa shape index (κ2) is 3.97. The van der Waals surface area contributed by atoms with Gasteiger partial charge in [-0.1, -0.05) is 0 Å². The van der Waals surface area contributed by atoms with Crippen molar-refractivity contribution in [2.75, 3.05) is 11.5 Å². The van der Waals surface area contributed by atoms with Crippen LogP contribution in [0.3, 0.4) is 0 Å². The second-order valence-corrected chi connectivity index (χ2v) is 3.97. The molecule has 0 amide bonds. The largest absolute Gasteiger partial charge is 0.479 e.